The fraction of sp³-hybridized carbons (Fsp3) is 0.522. The maximum absolute atomic E-state index is 12.4. The third-order valence-corrected chi connectivity index (χ3v) is 5.36. The van der Waals surface area contributed by atoms with Gasteiger partial charge in [0.15, 0.2) is 0 Å². The number of likely N-dealkylation sites (tertiary alicyclic amines) is 1. The molecule has 6 heteroatoms. The summed E-state index contributed by atoms with van der Waals surface area (Å²) in [5, 5.41) is 7.04. The van der Waals surface area contributed by atoms with Gasteiger partial charge in [-0.15, -0.1) is 0 Å². The third-order valence-electron chi connectivity index (χ3n) is 5.36. The van der Waals surface area contributed by atoms with Crippen molar-refractivity contribution in [2.24, 2.45) is 11.8 Å². The Morgan fingerprint density at radius 3 is 2.38 bits per heavy atom. The Labute approximate surface area is 172 Å². The monoisotopic (exact) mass is 396 g/mol. The van der Waals surface area contributed by atoms with Crippen LogP contribution in [-0.4, -0.2) is 33.7 Å². The number of aryl methyl sites for hydroxylation is 1. The molecule has 3 rings (SSSR count). The second kappa shape index (κ2) is 9.83. The average molecular weight is 397 g/mol. The summed E-state index contributed by atoms with van der Waals surface area (Å²) < 4.78 is 1.34. The number of carbonyl (C=O) groups excluding carboxylic acids is 1. The lowest BCUT2D eigenvalue weighted by molar-refractivity contribution is 0.0943. The van der Waals surface area contributed by atoms with E-state index in [-0.39, 0.29) is 17.2 Å². The number of aromatic nitrogens is 2. The highest BCUT2D eigenvalue weighted by Crippen LogP contribution is 2.22. The van der Waals surface area contributed by atoms with Crippen LogP contribution in [0.5, 0.6) is 0 Å². The first-order chi connectivity index (χ1) is 13.9. The molecular weight excluding hydrogens is 364 g/mol. The Kier molecular flexibility index (Phi) is 7.20. The number of carbonyl (C=O) groups is 1. The van der Waals surface area contributed by atoms with E-state index in [2.05, 4.69) is 53.4 Å². The molecule has 0 aliphatic carbocycles. The zero-order chi connectivity index (χ0) is 20.8. The van der Waals surface area contributed by atoms with Crippen LogP contribution in [0.2, 0.25) is 0 Å². The van der Waals surface area contributed by atoms with Crippen LogP contribution in [0.4, 0.5) is 0 Å². The van der Waals surface area contributed by atoms with Gasteiger partial charge in [-0.05, 0) is 41.9 Å². The lowest BCUT2D eigenvalue weighted by Gasteiger charge is -2.35. The molecule has 1 fully saturated rings. The standard InChI is InChI=1S/C23H32N4O2/c1-4-11-27-22(28)10-9-21(25-27)23(29)24-13-19-5-7-20(8-6-19)16-26-14-17(2)12-18(3)15-26/h5-10,17-18H,4,11-16H2,1-3H3,(H,24,29)/t17-,18-/m1/s1. The molecule has 1 amide bonds. The Balaban J connectivity index is 1.54. The highest BCUT2D eigenvalue weighted by atomic mass is 16.2. The number of hydrogen-bond donors (Lipinski definition) is 1. The second-order valence-corrected chi connectivity index (χ2v) is 8.42. The molecule has 2 atom stereocenters. The lowest BCUT2D eigenvalue weighted by atomic mass is 9.91. The van der Waals surface area contributed by atoms with Crippen molar-refractivity contribution in [2.45, 2.75) is 53.2 Å². The first-order valence-corrected chi connectivity index (χ1v) is 10.6. The van der Waals surface area contributed by atoms with E-state index in [4.69, 9.17) is 0 Å². The van der Waals surface area contributed by atoms with Gasteiger partial charge in [-0.1, -0.05) is 45.0 Å². The third kappa shape index (κ3) is 6.00. The van der Waals surface area contributed by atoms with Gasteiger partial charge < -0.3 is 5.32 Å². The molecule has 1 aliphatic heterocycles. The number of piperidine rings is 1. The quantitative estimate of drug-likeness (QED) is 0.781. The Bertz CT molecular complexity index is 865. The van der Waals surface area contributed by atoms with Crippen molar-refractivity contribution in [1.29, 1.82) is 0 Å². The summed E-state index contributed by atoms with van der Waals surface area (Å²) in [7, 11) is 0. The Morgan fingerprint density at radius 1 is 1.07 bits per heavy atom. The lowest BCUT2D eigenvalue weighted by Crippen LogP contribution is -2.38. The number of nitrogens with one attached hydrogen (secondary N) is 1. The maximum Gasteiger partial charge on any atom is 0.271 e. The summed E-state index contributed by atoms with van der Waals surface area (Å²) in [5.41, 5.74) is 2.43. The Hall–Kier alpha value is -2.47. The first kappa shape index (κ1) is 21.2. The zero-order valence-electron chi connectivity index (χ0n) is 17.7. The molecule has 0 radical (unpaired) electrons. The molecule has 1 aromatic heterocycles. The molecule has 2 heterocycles. The van der Waals surface area contributed by atoms with E-state index in [9.17, 15) is 9.59 Å². The molecule has 1 aromatic carbocycles. The van der Waals surface area contributed by atoms with Crippen molar-refractivity contribution in [3.05, 3.63) is 63.6 Å². The van der Waals surface area contributed by atoms with Gasteiger partial charge in [-0.3, -0.25) is 14.5 Å². The number of nitrogens with zero attached hydrogens (tertiary/aromatic N) is 3. The van der Waals surface area contributed by atoms with Crippen LogP contribution in [-0.2, 0) is 19.6 Å². The van der Waals surface area contributed by atoms with Crippen molar-refractivity contribution >= 4 is 5.91 Å². The number of benzene rings is 1. The number of amides is 1. The van der Waals surface area contributed by atoms with E-state index < -0.39 is 0 Å². The normalized spacial score (nSPS) is 19.8. The average Bonchev–Trinajstić information content (AvgIpc) is 2.68. The van der Waals surface area contributed by atoms with Gasteiger partial charge >= 0.3 is 0 Å². The molecular formula is C23H32N4O2. The van der Waals surface area contributed by atoms with E-state index in [0.717, 1.165) is 43.5 Å². The van der Waals surface area contributed by atoms with Crippen LogP contribution in [0.3, 0.4) is 0 Å². The predicted octanol–water partition coefficient (Wildman–Crippen LogP) is 3.06. The fourth-order valence-corrected chi connectivity index (χ4v) is 4.16. The largest absolute Gasteiger partial charge is 0.347 e. The van der Waals surface area contributed by atoms with Crippen molar-refractivity contribution in [1.82, 2.24) is 20.0 Å². The fourth-order valence-electron chi connectivity index (χ4n) is 4.16. The van der Waals surface area contributed by atoms with Crippen LogP contribution < -0.4 is 10.9 Å². The molecule has 1 aliphatic rings. The van der Waals surface area contributed by atoms with Gasteiger partial charge in [-0.25, -0.2) is 4.68 Å². The minimum Gasteiger partial charge on any atom is -0.347 e. The topological polar surface area (TPSA) is 67.2 Å². The zero-order valence-corrected chi connectivity index (χ0v) is 17.7. The molecule has 156 valence electrons. The number of hydrogen-bond acceptors (Lipinski definition) is 4. The molecule has 0 unspecified atom stereocenters. The van der Waals surface area contributed by atoms with Gasteiger partial charge in [0.25, 0.3) is 11.5 Å². The molecule has 1 N–H and O–H groups in total. The summed E-state index contributed by atoms with van der Waals surface area (Å²) in [6, 6.07) is 11.3. The van der Waals surface area contributed by atoms with Crippen molar-refractivity contribution in [3.8, 4) is 0 Å². The molecule has 0 spiro atoms. The Morgan fingerprint density at radius 2 is 1.72 bits per heavy atom. The van der Waals surface area contributed by atoms with Gasteiger partial charge in [0.1, 0.15) is 5.69 Å². The van der Waals surface area contributed by atoms with Gasteiger partial charge in [0, 0.05) is 38.8 Å². The summed E-state index contributed by atoms with van der Waals surface area (Å²) in [6.07, 6.45) is 2.11. The van der Waals surface area contributed by atoms with E-state index in [1.807, 2.05) is 6.92 Å². The molecule has 1 saturated heterocycles. The van der Waals surface area contributed by atoms with E-state index in [0.29, 0.717) is 13.1 Å². The molecule has 2 aromatic rings. The molecule has 29 heavy (non-hydrogen) atoms. The van der Waals surface area contributed by atoms with Crippen LogP contribution in [0.15, 0.2) is 41.2 Å². The first-order valence-electron chi connectivity index (χ1n) is 10.6. The van der Waals surface area contributed by atoms with Gasteiger partial charge in [0.05, 0.1) is 0 Å². The highest BCUT2D eigenvalue weighted by Gasteiger charge is 2.21. The molecule has 0 saturated carbocycles. The van der Waals surface area contributed by atoms with E-state index in [1.165, 1.54) is 28.8 Å². The summed E-state index contributed by atoms with van der Waals surface area (Å²) >= 11 is 0. The molecule has 0 bridgehead atoms. The second-order valence-electron chi connectivity index (χ2n) is 8.42. The number of rotatable bonds is 7. The smallest absolute Gasteiger partial charge is 0.271 e. The van der Waals surface area contributed by atoms with Crippen molar-refractivity contribution in [3.63, 3.8) is 0 Å². The van der Waals surface area contributed by atoms with Crippen molar-refractivity contribution < 1.29 is 4.79 Å². The summed E-state index contributed by atoms with van der Waals surface area (Å²) in [6.45, 7) is 10.9. The van der Waals surface area contributed by atoms with Crippen LogP contribution in [0, 0.1) is 11.8 Å². The highest BCUT2D eigenvalue weighted by molar-refractivity contribution is 5.91. The van der Waals surface area contributed by atoms with Crippen LogP contribution in [0.25, 0.3) is 0 Å². The molecule has 6 nitrogen and oxygen atoms in total. The minimum atomic E-state index is -0.268. The van der Waals surface area contributed by atoms with Gasteiger partial charge in [-0.2, -0.15) is 5.10 Å². The summed E-state index contributed by atoms with van der Waals surface area (Å²) in [5.74, 6) is 1.25. The van der Waals surface area contributed by atoms with Crippen molar-refractivity contribution in [2.75, 3.05) is 13.1 Å². The SMILES string of the molecule is CCCn1nc(C(=O)NCc2ccc(CN3C[C@H](C)C[C@@H](C)C3)cc2)ccc1=O. The van der Waals surface area contributed by atoms with Gasteiger partial charge in [0.2, 0.25) is 0 Å². The predicted molar refractivity (Wildman–Crippen MR) is 115 cm³/mol. The van der Waals surface area contributed by atoms with E-state index >= 15 is 0 Å². The maximum atomic E-state index is 12.4. The minimum absolute atomic E-state index is 0.184. The van der Waals surface area contributed by atoms with E-state index in [1.54, 1.807) is 0 Å². The van der Waals surface area contributed by atoms with Crippen LogP contribution in [0.1, 0.15) is 55.2 Å². The van der Waals surface area contributed by atoms with Crippen LogP contribution >= 0.6 is 0 Å². The summed E-state index contributed by atoms with van der Waals surface area (Å²) in [4.78, 5) is 26.7.